The molecule has 1 aliphatic rings. The molecule has 1 N–H and O–H groups in total. The van der Waals surface area contributed by atoms with Crippen LogP contribution in [0.15, 0.2) is 42.6 Å². The van der Waals surface area contributed by atoms with Crippen molar-refractivity contribution in [3.63, 3.8) is 0 Å². The quantitative estimate of drug-likeness (QED) is 0.625. The van der Waals surface area contributed by atoms with Gasteiger partial charge in [0.1, 0.15) is 5.82 Å². The minimum atomic E-state index is -0.154. The summed E-state index contributed by atoms with van der Waals surface area (Å²) in [4.78, 5) is 21.5. The van der Waals surface area contributed by atoms with Crippen molar-refractivity contribution in [1.29, 1.82) is 0 Å². The highest BCUT2D eigenvalue weighted by atomic mass is 16.5. The maximum absolute atomic E-state index is 12.4. The van der Waals surface area contributed by atoms with Gasteiger partial charge in [-0.05, 0) is 43.3 Å². The van der Waals surface area contributed by atoms with Gasteiger partial charge in [-0.1, -0.05) is 19.1 Å². The van der Waals surface area contributed by atoms with Gasteiger partial charge in [0, 0.05) is 50.6 Å². The van der Waals surface area contributed by atoms with Crippen molar-refractivity contribution in [3.8, 4) is 11.5 Å². The summed E-state index contributed by atoms with van der Waals surface area (Å²) in [6.07, 6.45) is 6.04. The lowest BCUT2D eigenvalue weighted by Gasteiger charge is -2.34. The minimum Gasteiger partial charge on any atom is -0.493 e. The highest BCUT2D eigenvalue weighted by Gasteiger charge is 2.18. The van der Waals surface area contributed by atoms with Crippen molar-refractivity contribution in [2.45, 2.75) is 19.9 Å². The molecule has 3 rings (SSSR count). The third-order valence-electron chi connectivity index (χ3n) is 5.20. The summed E-state index contributed by atoms with van der Waals surface area (Å²) in [6, 6.07) is 9.56. The lowest BCUT2D eigenvalue weighted by Crippen LogP contribution is -2.45. The molecular formula is C24H32N4O3. The van der Waals surface area contributed by atoms with Crippen LogP contribution in [-0.2, 0) is 11.3 Å². The maximum atomic E-state index is 12.4. The molecule has 1 aromatic heterocycles. The predicted octanol–water partition coefficient (Wildman–Crippen LogP) is 2.96. The number of anilines is 1. The highest BCUT2D eigenvalue weighted by Crippen LogP contribution is 2.28. The largest absolute Gasteiger partial charge is 0.493 e. The molecule has 7 heteroatoms. The number of benzene rings is 1. The summed E-state index contributed by atoms with van der Waals surface area (Å²) in [7, 11) is 3.74. The van der Waals surface area contributed by atoms with Gasteiger partial charge in [0.2, 0.25) is 5.91 Å². The van der Waals surface area contributed by atoms with Crippen LogP contribution < -0.4 is 19.7 Å². The fraction of sp³-hybridized carbons (Fsp3) is 0.417. The molecule has 1 fully saturated rings. The lowest BCUT2D eigenvalue weighted by molar-refractivity contribution is -0.116. The number of nitrogens with zero attached hydrogens (tertiary/aromatic N) is 3. The molecule has 1 amide bonds. The van der Waals surface area contributed by atoms with E-state index in [0.717, 1.165) is 49.5 Å². The number of rotatable bonds is 9. The summed E-state index contributed by atoms with van der Waals surface area (Å²) in [6.45, 7) is 7.03. The predicted molar refractivity (Wildman–Crippen MR) is 124 cm³/mol. The van der Waals surface area contributed by atoms with Crippen LogP contribution in [0.4, 0.5) is 5.82 Å². The molecule has 7 nitrogen and oxygen atoms in total. The number of carbonyl (C=O) groups is 1. The Bertz CT molecular complexity index is 892. The number of nitrogens with one attached hydrogen (secondary N) is 1. The molecule has 1 aliphatic heterocycles. The summed E-state index contributed by atoms with van der Waals surface area (Å²) >= 11 is 0. The van der Waals surface area contributed by atoms with Crippen molar-refractivity contribution in [2.24, 2.45) is 0 Å². The monoisotopic (exact) mass is 424 g/mol. The summed E-state index contributed by atoms with van der Waals surface area (Å²) < 4.78 is 11.1. The Morgan fingerprint density at radius 2 is 2.00 bits per heavy atom. The number of likely N-dealkylation sites (N-methyl/N-ethyl adjacent to an activating group) is 1. The zero-order valence-corrected chi connectivity index (χ0v) is 18.6. The Kier molecular flexibility index (Phi) is 8.29. The van der Waals surface area contributed by atoms with Gasteiger partial charge in [-0.3, -0.25) is 4.79 Å². The van der Waals surface area contributed by atoms with E-state index in [4.69, 9.17) is 9.47 Å². The van der Waals surface area contributed by atoms with Gasteiger partial charge in [-0.15, -0.1) is 0 Å². The van der Waals surface area contributed by atoms with Crippen molar-refractivity contribution in [3.05, 3.63) is 53.7 Å². The first-order valence-electron chi connectivity index (χ1n) is 10.7. The third-order valence-corrected chi connectivity index (χ3v) is 5.20. The van der Waals surface area contributed by atoms with E-state index in [-0.39, 0.29) is 5.91 Å². The van der Waals surface area contributed by atoms with Gasteiger partial charge in [0.05, 0.1) is 13.7 Å². The average Bonchev–Trinajstić information content (AvgIpc) is 2.81. The first-order valence-corrected chi connectivity index (χ1v) is 10.7. The highest BCUT2D eigenvalue weighted by molar-refractivity contribution is 5.91. The molecular weight excluding hydrogens is 392 g/mol. The zero-order chi connectivity index (χ0) is 22.1. The van der Waals surface area contributed by atoms with Crippen LogP contribution in [0.25, 0.3) is 6.08 Å². The van der Waals surface area contributed by atoms with Crippen molar-refractivity contribution in [1.82, 2.24) is 15.2 Å². The molecule has 1 aromatic carbocycles. The molecule has 0 bridgehead atoms. The van der Waals surface area contributed by atoms with E-state index in [9.17, 15) is 4.79 Å². The number of carbonyl (C=O) groups excluding carboxylic acids is 1. The summed E-state index contributed by atoms with van der Waals surface area (Å²) in [5, 5.41) is 2.97. The number of ether oxygens (including phenoxy) is 2. The Morgan fingerprint density at radius 3 is 2.74 bits per heavy atom. The average molecular weight is 425 g/mol. The van der Waals surface area contributed by atoms with Gasteiger partial charge < -0.3 is 24.6 Å². The Hall–Kier alpha value is -3.06. The maximum Gasteiger partial charge on any atom is 0.244 e. The van der Waals surface area contributed by atoms with E-state index in [1.165, 1.54) is 6.08 Å². The normalized spacial score (nSPS) is 14.6. The molecule has 2 heterocycles. The smallest absolute Gasteiger partial charge is 0.244 e. The molecule has 166 valence electrons. The van der Waals surface area contributed by atoms with E-state index >= 15 is 0 Å². The standard InChI is InChI=1S/C24H32N4O3/c1-4-16-31-21-9-7-19(17-22(21)30-3)8-10-23(29)26-18-20-6-5-11-25-24(20)28-14-12-27(2)13-15-28/h5-11,17H,4,12-16,18H2,1-3H3,(H,26,29)/b10-8+. The number of piperazine rings is 1. The van der Waals surface area contributed by atoms with Crippen LogP contribution in [0.3, 0.4) is 0 Å². The number of pyridine rings is 1. The van der Waals surface area contributed by atoms with Gasteiger partial charge in [0.25, 0.3) is 0 Å². The molecule has 2 aromatic rings. The zero-order valence-electron chi connectivity index (χ0n) is 18.6. The van der Waals surface area contributed by atoms with Gasteiger partial charge in [-0.25, -0.2) is 4.98 Å². The molecule has 0 aliphatic carbocycles. The van der Waals surface area contributed by atoms with E-state index in [1.54, 1.807) is 19.4 Å². The number of hydrogen-bond donors (Lipinski definition) is 1. The third kappa shape index (κ3) is 6.46. The first-order chi connectivity index (χ1) is 15.1. The second-order valence-electron chi connectivity index (χ2n) is 7.59. The molecule has 0 unspecified atom stereocenters. The SMILES string of the molecule is CCCOc1ccc(/C=C/C(=O)NCc2cccnc2N2CCN(C)CC2)cc1OC. The van der Waals surface area contributed by atoms with Crippen LogP contribution >= 0.6 is 0 Å². The van der Waals surface area contributed by atoms with Crippen LogP contribution in [0, 0.1) is 0 Å². The fourth-order valence-electron chi connectivity index (χ4n) is 3.40. The number of hydrogen-bond acceptors (Lipinski definition) is 6. The van der Waals surface area contributed by atoms with E-state index in [2.05, 4.69) is 34.1 Å². The van der Waals surface area contributed by atoms with Gasteiger partial charge >= 0.3 is 0 Å². The Labute approximate surface area is 184 Å². The van der Waals surface area contributed by atoms with Crippen LogP contribution in [0.2, 0.25) is 0 Å². The van der Waals surface area contributed by atoms with Gasteiger partial charge in [0.15, 0.2) is 11.5 Å². The Morgan fingerprint density at radius 1 is 1.19 bits per heavy atom. The number of aromatic nitrogens is 1. The molecule has 31 heavy (non-hydrogen) atoms. The van der Waals surface area contributed by atoms with Crippen LogP contribution in [0.5, 0.6) is 11.5 Å². The molecule has 0 radical (unpaired) electrons. The van der Waals surface area contributed by atoms with Crippen LogP contribution in [-0.4, -0.2) is 62.7 Å². The molecule has 0 atom stereocenters. The van der Waals surface area contributed by atoms with Gasteiger partial charge in [-0.2, -0.15) is 0 Å². The topological polar surface area (TPSA) is 66.9 Å². The lowest BCUT2D eigenvalue weighted by atomic mass is 10.2. The van der Waals surface area contributed by atoms with Crippen LogP contribution in [0.1, 0.15) is 24.5 Å². The summed E-state index contributed by atoms with van der Waals surface area (Å²) in [5.74, 6) is 2.16. The first kappa shape index (κ1) is 22.6. The molecule has 0 saturated carbocycles. The van der Waals surface area contributed by atoms with E-state index < -0.39 is 0 Å². The van der Waals surface area contributed by atoms with E-state index in [1.807, 2.05) is 30.3 Å². The van der Waals surface area contributed by atoms with Crippen molar-refractivity contribution >= 4 is 17.8 Å². The fourth-order valence-corrected chi connectivity index (χ4v) is 3.40. The molecule has 0 spiro atoms. The second kappa shape index (κ2) is 11.4. The number of amides is 1. The summed E-state index contributed by atoms with van der Waals surface area (Å²) in [5.41, 5.74) is 1.89. The van der Waals surface area contributed by atoms with E-state index in [0.29, 0.717) is 24.7 Å². The second-order valence-corrected chi connectivity index (χ2v) is 7.59. The van der Waals surface area contributed by atoms with Crippen molar-refractivity contribution in [2.75, 3.05) is 51.8 Å². The Balaban J connectivity index is 1.59. The van der Waals surface area contributed by atoms with Crippen molar-refractivity contribution < 1.29 is 14.3 Å². The minimum absolute atomic E-state index is 0.154. The molecule has 1 saturated heterocycles. The number of methoxy groups -OCH3 is 1.